The fourth-order valence-corrected chi connectivity index (χ4v) is 5.00. The Morgan fingerprint density at radius 1 is 1.14 bits per heavy atom. The highest BCUT2D eigenvalue weighted by Crippen LogP contribution is 2.34. The molecule has 5 rings (SSSR count). The number of hydrogen-bond donors (Lipinski definition) is 6. The van der Waals surface area contributed by atoms with Crippen LogP contribution in [0.4, 0.5) is 18.0 Å². The van der Waals surface area contributed by atoms with Gasteiger partial charge in [-0.05, 0) is 37.0 Å². The lowest BCUT2D eigenvalue weighted by Crippen LogP contribution is -2.61. The molecule has 0 aromatic heterocycles. The number of carbonyl (C=O) groups is 5. The Kier molecular flexibility index (Phi) is 7.89. The van der Waals surface area contributed by atoms with Crippen molar-refractivity contribution in [2.75, 3.05) is 19.6 Å². The molecular formula is C26H25BF3N5O9. The van der Waals surface area contributed by atoms with Crippen molar-refractivity contribution in [2.45, 2.75) is 36.8 Å². The maximum atomic E-state index is 15.0. The van der Waals surface area contributed by atoms with E-state index in [1.165, 1.54) is 23.1 Å². The van der Waals surface area contributed by atoms with Crippen molar-refractivity contribution in [1.82, 2.24) is 20.4 Å². The minimum Gasteiger partial charge on any atom is -0.534 e. The van der Waals surface area contributed by atoms with Gasteiger partial charge in [0.15, 0.2) is 17.4 Å². The van der Waals surface area contributed by atoms with E-state index in [-0.39, 0.29) is 49.0 Å². The summed E-state index contributed by atoms with van der Waals surface area (Å²) in [5.74, 6) is -13.9. The lowest BCUT2D eigenvalue weighted by Gasteiger charge is -2.35. The van der Waals surface area contributed by atoms with E-state index >= 15 is 0 Å². The summed E-state index contributed by atoms with van der Waals surface area (Å²) in [6, 6.07) is 0.656. The molecule has 232 valence electrons. The highest BCUT2D eigenvalue weighted by atomic mass is 19.2. The number of para-hydroxylation sites is 1. The molecule has 2 aliphatic heterocycles. The second-order valence-corrected chi connectivity index (χ2v) is 10.8. The summed E-state index contributed by atoms with van der Waals surface area (Å²) in [5, 5.41) is 33.6. The van der Waals surface area contributed by atoms with E-state index in [9.17, 15) is 52.4 Å². The Bertz CT molecular complexity index is 1590. The molecule has 2 aromatic rings. The van der Waals surface area contributed by atoms with Crippen LogP contribution in [-0.2, 0) is 20.8 Å². The standard InChI is InChI=1S/C26H25BF3N5O9/c28-14-9-13(16(29)17(30)19(14)36)18(33-25(42)35-7-6-34(22(38)23(35)39)10-26(31)4-5-26)21(37)32-15-8-11-2-1-3-12(24(40)41)20(11)44-27(15)43/h1-3,9,15,18,36,43H,4-8,10,31H2,(H,32,37)(H,33,42)(H,40,41)/t15-,18-/m0/s1. The largest absolute Gasteiger partial charge is 0.547 e. The molecule has 7 N–H and O–H groups in total. The summed E-state index contributed by atoms with van der Waals surface area (Å²) in [6.45, 7) is -0.369. The van der Waals surface area contributed by atoms with Crippen LogP contribution in [0.1, 0.15) is 40.4 Å². The normalized spacial score (nSPS) is 19.6. The Morgan fingerprint density at radius 2 is 1.84 bits per heavy atom. The van der Waals surface area contributed by atoms with E-state index in [1.807, 2.05) is 5.32 Å². The van der Waals surface area contributed by atoms with Gasteiger partial charge in [-0.1, -0.05) is 12.1 Å². The number of aromatic carboxylic acids is 1. The zero-order valence-corrected chi connectivity index (χ0v) is 22.7. The summed E-state index contributed by atoms with van der Waals surface area (Å²) in [6.07, 6.45) is 1.07. The zero-order chi connectivity index (χ0) is 32.1. The highest BCUT2D eigenvalue weighted by Gasteiger charge is 2.46. The number of nitrogens with two attached hydrogens (primary N) is 1. The van der Waals surface area contributed by atoms with Crippen LogP contribution in [0.15, 0.2) is 24.3 Å². The molecule has 44 heavy (non-hydrogen) atoms. The van der Waals surface area contributed by atoms with Crippen molar-refractivity contribution >= 4 is 36.8 Å². The van der Waals surface area contributed by atoms with Crippen LogP contribution in [0.5, 0.6) is 11.5 Å². The number of fused-ring (bicyclic) bond motifs is 1. The van der Waals surface area contributed by atoms with E-state index in [2.05, 4.69) is 5.32 Å². The number of nitrogens with zero attached hydrogens (tertiary/aromatic N) is 2. The lowest BCUT2D eigenvalue weighted by atomic mass is 9.72. The van der Waals surface area contributed by atoms with Gasteiger partial charge in [0.05, 0.1) is 11.5 Å². The van der Waals surface area contributed by atoms with Crippen LogP contribution in [0, 0.1) is 17.5 Å². The highest BCUT2D eigenvalue weighted by molar-refractivity contribution is 6.47. The third-order valence-electron chi connectivity index (χ3n) is 7.63. The number of benzene rings is 2. The molecule has 2 heterocycles. The average molecular weight is 619 g/mol. The molecule has 0 unspecified atom stereocenters. The number of rotatable bonds is 7. The van der Waals surface area contributed by atoms with Gasteiger partial charge in [0.25, 0.3) is 0 Å². The SMILES string of the molecule is NC1(CN2CCN(C(=O)N[C@H](C(=O)N[C@H]3Cc4cccc(C(=O)O)c4OB3O)c3cc(F)c(O)c(F)c3F)C(=O)C2=O)CC1. The van der Waals surface area contributed by atoms with E-state index in [0.29, 0.717) is 17.7 Å². The molecule has 14 nitrogen and oxygen atoms in total. The molecule has 1 saturated heterocycles. The van der Waals surface area contributed by atoms with Gasteiger partial charge in [-0.25, -0.2) is 18.4 Å². The first kappa shape index (κ1) is 30.6. The summed E-state index contributed by atoms with van der Waals surface area (Å²) < 4.78 is 48.8. The van der Waals surface area contributed by atoms with Gasteiger partial charge >= 0.3 is 30.9 Å². The van der Waals surface area contributed by atoms with Crippen LogP contribution in [0.25, 0.3) is 0 Å². The number of halogens is 3. The van der Waals surface area contributed by atoms with Crippen molar-refractivity contribution in [3.8, 4) is 11.5 Å². The number of carbonyl (C=O) groups excluding carboxylic acids is 4. The summed E-state index contributed by atoms with van der Waals surface area (Å²) in [4.78, 5) is 65.1. The first-order valence-electron chi connectivity index (χ1n) is 13.3. The number of phenols is 1. The Labute approximate surface area is 246 Å². The molecule has 0 radical (unpaired) electrons. The van der Waals surface area contributed by atoms with Crippen molar-refractivity contribution in [1.29, 1.82) is 0 Å². The third kappa shape index (κ3) is 5.72. The summed E-state index contributed by atoms with van der Waals surface area (Å²) in [5.41, 5.74) is 4.27. The monoisotopic (exact) mass is 619 g/mol. The minimum atomic E-state index is -2.27. The topological polar surface area (TPSA) is 212 Å². The first-order valence-corrected chi connectivity index (χ1v) is 13.3. The van der Waals surface area contributed by atoms with Gasteiger partial charge in [-0.2, -0.15) is 4.39 Å². The van der Waals surface area contributed by atoms with E-state index < -0.39 is 83.1 Å². The first-order chi connectivity index (χ1) is 20.7. The number of amides is 5. The number of piperazine rings is 1. The second-order valence-electron chi connectivity index (χ2n) is 10.8. The van der Waals surface area contributed by atoms with Gasteiger partial charge in [0.1, 0.15) is 11.8 Å². The van der Waals surface area contributed by atoms with E-state index in [0.717, 1.165) is 0 Å². The lowest BCUT2D eigenvalue weighted by molar-refractivity contribution is -0.154. The van der Waals surface area contributed by atoms with Gasteiger partial charge in [0, 0.05) is 30.7 Å². The molecule has 2 fully saturated rings. The quantitative estimate of drug-likeness (QED) is 0.134. The number of nitrogens with one attached hydrogen (secondary N) is 2. The van der Waals surface area contributed by atoms with E-state index in [1.54, 1.807) is 0 Å². The summed E-state index contributed by atoms with van der Waals surface area (Å²) in [7, 11) is -1.86. The van der Waals surface area contributed by atoms with Crippen LogP contribution in [-0.4, -0.2) is 93.0 Å². The molecule has 0 spiro atoms. The fraction of sp³-hybridized carbons (Fsp3) is 0.346. The molecule has 18 heteroatoms. The Balaban J connectivity index is 1.39. The molecule has 2 atom stereocenters. The van der Waals surface area contributed by atoms with Gasteiger partial charge in [0.2, 0.25) is 11.7 Å². The minimum absolute atomic E-state index is 0.0816. The Morgan fingerprint density at radius 3 is 2.50 bits per heavy atom. The van der Waals surface area contributed by atoms with Crippen LogP contribution in [0.3, 0.4) is 0 Å². The number of hydrogen-bond acceptors (Lipinski definition) is 9. The van der Waals surface area contributed by atoms with Crippen LogP contribution in [0.2, 0.25) is 0 Å². The second kappa shape index (κ2) is 11.3. The number of phenolic OH excluding ortho intramolecular Hbond substituents is 1. The zero-order valence-electron chi connectivity index (χ0n) is 22.7. The number of carboxylic acids is 1. The Hall–Kier alpha value is -4.84. The van der Waals surface area contributed by atoms with Gasteiger partial charge < -0.3 is 41.2 Å². The predicted molar refractivity (Wildman–Crippen MR) is 141 cm³/mol. The molecule has 5 amide bonds. The number of aromatic hydroxyl groups is 1. The number of carboxylic acid groups (broad SMARTS) is 1. The van der Waals surface area contributed by atoms with Crippen LogP contribution < -0.4 is 21.0 Å². The predicted octanol–water partition coefficient (Wildman–Crippen LogP) is -0.440. The van der Waals surface area contributed by atoms with Crippen molar-refractivity contribution in [2.24, 2.45) is 5.73 Å². The third-order valence-corrected chi connectivity index (χ3v) is 7.63. The van der Waals surface area contributed by atoms with Crippen molar-refractivity contribution < 1.29 is 57.0 Å². The molecule has 1 saturated carbocycles. The van der Waals surface area contributed by atoms with E-state index in [4.69, 9.17) is 10.4 Å². The molecular weight excluding hydrogens is 594 g/mol. The average Bonchev–Trinajstić information content (AvgIpc) is 3.71. The maximum absolute atomic E-state index is 15.0. The van der Waals surface area contributed by atoms with Crippen molar-refractivity contribution in [3.63, 3.8) is 0 Å². The molecule has 0 bridgehead atoms. The molecule has 2 aromatic carbocycles. The molecule has 1 aliphatic carbocycles. The number of imide groups is 1. The maximum Gasteiger partial charge on any atom is 0.547 e. The number of urea groups is 1. The summed E-state index contributed by atoms with van der Waals surface area (Å²) >= 11 is 0. The molecule has 3 aliphatic rings. The van der Waals surface area contributed by atoms with Gasteiger partial charge in [-0.15, -0.1) is 0 Å². The van der Waals surface area contributed by atoms with Crippen molar-refractivity contribution in [3.05, 3.63) is 58.4 Å². The fourth-order valence-electron chi connectivity index (χ4n) is 5.00. The van der Waals surface area contributed by atoms with Crippen LogP contribution >= 0.6 is 0 Å². The smallest absolute Gasteiger partial charge is 0.534 e. The van der Waals surface area contributed by atoms with Gasteiger partial charge in [-0.3, -0.25) is 19.3 Å².